The molecule has 0 aliphatic heterocycles. The first kappa shape index (κ1) is 48.1. The number of nitrogens with one attached hydrogen (secondary N) is 4. The van der Waals surface area contributed by atoms with E-state index in [4.69, 9.17) is 39.1 Å². The SMILES string of the molecule is C/C(=N\OC(=O)NC(C)(C)c1cccc(C(C)(C)NC(=O)O/N=C(\C)c2ccc(OC(=O)Nc3ccc(C)c(OC#N)c3)cc2)c1)c1ccc(OC(=O)Nc2ccc(C)c(OC#N)c2)cc1. The van der Waals surface area contributed by atoms with Gasteiger partial charge in [-0.2, -0.15) is 0 Å². The van der Waals surface area contributed by atoms with Crippen LogP contribution in [0.3, 0.4) is 0 Å². The third-order valence-electron chi connectivity index (χ3n) is 9.81. The Bertz CT molecular complexity index is 2570. The summed E-state index contributed by atoms with van der Waals surface area (Å²) >= 11 is 0. The van der Waals surface area contributed by atoms with E-state index in [0.29, 0.717) is 56.6 Å². The topological polar surface area (TPSA) is 244 Å². The number of carbonyl (C=O) groups is 4. The Hall–Kier alpha value is -8.90. The maximum absolute atomic E-state index is 12.9. The van der Waals surface area contributed by atoms with E-state index in [2.05, 4.69) is 31.6 Å². The number of ether oxygens (including phenoxy) is 4. The molecule has 4 amide bonds. The molecule has 0 fully saturated rings. The van der Waals surface area contributed by atoms with Gasteiger partial charge in [0.25, 0.3) is 12.5 Å². The predicted octanol–water partition coefficient (Wildman–Crippen LogP) is 10.0. The second kappa shape index (κ2) is 21.5. The minimum Gasteiger partial charge on any atom is -0.410 e. The zero-order valence-electron chi connectivity index (χ0n) is 37.3. The quantitative estimate of drug-likeness (QED) is 0.0352. The molecule has 18 heteroatoms. The van der Waals surface area contributed by atoms with E-state index < -0.39 is 35.5 Å². The molecule has 338 valence electrons. The summed E-state index contributed by atoms with van der Waals surface area (Å²) < 4.78 is 20.5. The minimum atomic E-state index is -0.944. The van der Waals surface area contributed by atoms with Gasteiger partial charge in [-0.1, -0.05) is 46.7 Å². The van der Waals surface area contributed by atoms with Gasteiger partial charge < -0.3 is 29.6 Å². The molecule has 0 aromatic heterocycles. The van der Waals surface area contributed by atoms with Crippen molar-refractivity contribution in [3.63, 3.8) is 0 Å². The summed E-state index contributed by atoms with van der Waals surface area (Å²) in [7, 11) is 0. The van der Waals surface area contributed by atoms with Gasteiger partial charge in [0, 0.05) is 23.5 Å². The van der Waals surface area contributed by atoms with E-state index >= 15 is 0 Å². The summed E-state index contributed by atoms with van der Waals surface area (Å²) in [6.07, 6.45) is 0.0717. The molecule has 0 aliphatic carbocycles. The molecule has 18 nitrogen and oxygen atoms in total. The van der Waals surface area contributed by atoms with Crippen molar-refractivity contribution < 1.29 is 47.8 Å². The molecule has 0 saturated heterocycles. The van der Waals surface area contributed by atoms with Crippen LogP contribution in [0.2, 0.25) is 0 Å². The number of hydrogen-bond donors (Lipinski definition) is 4. The van der Waals surface area contributed by atoms with Crippen LogP contribution in [0.4, 0.5) is 30.6 Å². The molecule has 5 aromatic carbocycles. The summed E-state index contributed by atoms with van der Waals surface area (Å²) in [4.78, 5) is 61.1. The molecule has 0 saturated carbocycles. The van der Waals surface area contributed by atoms with Gasteiger partial charge in [0.05, 0.1) is 22.5 Å². The number of amides is 4. The molecule has 0 aliphatic rings. The van der Waals surface area contributed by atoms with Crippen LogP contribution >= 0.6 is 0 Å². The summed E-state index contributed by atoms with van der Waals surface area (Å²) in [5.41, 5.74) is 3.66. The van der Waals surface area contributed by atoms with Crippen molar-refractivity contribution in [2.24, 2.45) is 10.3 Å². The third kappa shape index (κ3) is 13.5. The Balaban J connectivity index is 1.10. The standard InChI is InChI=1S/C48H46N8O10/c1-29-12-18-37(25-41(29)61-27-49)51-43(57)63-39-20-14-33(15-21-39)31(3)55-65-45(59)53-47(5,6)35-10-9-11-36(24-35)48(7,8)54-46(60)66-56-32(4)34-16-22-40(23-17-34)64-44(58)52-38-19-13-30(2)42(26-38)62-28-50/h9-26H,1-8H3,(H,51,57)(H,52,58)(H,53,59)(H,54,60)/b55-31+,56-32+. The Morgan fingerprint density at radius 1 is 0.530 bits per heavy atom. The number of oxime groups is 2. The van der Waals surface area contributed by atoms with Crippen molar-refractivity contribution >= 4 is 47.2 Å². The zero-order valence-corrected chi connectivity index (χ0v) is 37.3. The first-order chi connectivity index (χ1) is 31.3. The molecule has 66 heavy (non-hydrogen) atoms. The molecular weight excluding hydrogens is 849 g/mol. The second-order valence-corrected chi connectivity index (χ2v) is 15.6. The molecular formula is C48H46N8O10. The number of benzene rings is 5. The normalized spacial score (nSPS) is 11.4. The van der Waals surface area contributed by atoms with E-state index in [-0.39, 0.29) is 11.5 Å². The molecule has 0 bridgehead atoms. The minimum absolute atomic E-state index is 0.243. The average molecular weight is 895 g/mol. The summed E-state index contributed by atoms with van der Waals surface area (Å²) in [6.45, 7) is 14.0. The van der Waals surface area contributed by atoms with E-state index in [1.165, 1.54) is 12.1 Å². The van der Waals surface area contributed by atoms with Crippen LogP contribution in [0, 0.1) is 36.9 Å². The summed E-state index contributed by atoms with van der Waals surface area (Å²) in [6, 6.07) is 29.7. The van der Waals surface area contributed by atoms with Crippen LogP contribution in [0.1, 0.15) is 74.9 Å². The van der Waals surface area contributed by atoms with E-state index in [1.807, 2.05) is 18.2 Å². The van der Waals surface area contributed by atoms with Crippen molar-refractivity contribution in [1.29, 1.82) is 10.5 Å². The van der Waals surface area contributed by atoms with Crippen molar-refractivity contribution in [3.8, 4) is 35.5 Å². The second-order valence-electron chi connectivity index (χ2n) is 15.6. The summed E-state index contributed by atoms with van der Waals surface area (Å²) in [5.74, 6) is 1.10. The number of anilines is 2. The molecule has 0 radical (unpaired) electrons. The van der Waals surface area contributed by atoms with Gasteiger partial charge in [0.15, 0.2) is 0 Å². The fourth-order valence-corrected chi connectivity index (χ4v) is 6.03. The highest BCUT2D eigenvalue weighted by Gasteiger charge is 2.29. The van der Waals surface area contributed by atoms with Crippen LogP contribution in [0.25, 0.3) is 0 Å². The molecule has 0 spiro atoms. The van der Waals surface area contributed by atoms with Crippen LogP contribution < -0.4 is 40.2 Å². The molecule has 4 N–H and O–H groups in total. The van der Waals surface area contributed by atoms with Crippen molar-refractivity contribution in [3.05, 3.63) is 143 Å². The Labute approximate surface area is 380 Å². The molecule has 0 heterocycles. The Morgan fingerprint density at radius 2 is 0.909 bits per heavy atom. The van der Waals surface area contributed by atoms with Crippen molar-refractivity contribution in [1.82, 2.24) is 10.6 Å². The average Bonchev–Trinajstić information content (AvgIpc) is 3.27. The largest absolute Gasteiger partial charge is 0.434 e. The fraction of sp³-hybridized carbons (Fsp3) is 0.208. The lowest BCUT2D eigenvalue weighted by molar-refractivity contribution is 0.139. The molecule has 0 unspecified atom stereocenters. The van der Waals surface area contributed by atoms with Gasteiger partial charge in [-0.3, -0.25) is 20.3 Å². The highest BCUT2D eigenvalue weighted by atomic mass is 16.7. The first-order valence-corrected chi connectivity index (χ1v) is 20.1. The van der Waals surface area contributed by atoms with Crippen molar-refractivity contribution in [2.75, 3.05) is 10.6 Å². The van der Waals surface area contributed by atoms with Gasteiger partial charge in [-0.25, -0.2) is 19.2 Å². The first-order valence-electron chi connectivity index (χ1n) is 20.1. The number of nitriles is 2. The van der Waals surface area contributed by atoms with Gasteiger partial charge in [-0.05, 0) is 149 Å². The number of nitrogens with zero attached hydrogens (tertiary/aromatic N) is 4. The summed E-state index contributed by atoms with van der Waals surface area (Å²) in [5, 5.41) is 36.4. The van der Waals surface area contributed by atoms with Gasteiger partial charge in [-0.15, -0.1) is 10.5 Å². The van der Waals surface area contributed by atoms with Crippen molar-refractivity contribution in [2.45, 2.75) is 66.5 Å². The molecule has 5 rings (SSSR count). The van der Waals surface area contributed by atoms with Gasteiger partial charge in [0.1, 0.15) is 23.0 Å². The van der Waals surface area contributed by atoms with Crippen LogP contribution in [0.15, 0.2) is 120 Å². The highest BCUT2D eigenvalue weighted by Crippen LogP contribution is 2.28. The zero-order chi connectivity index (χ0) is 48.0. The van der Waals surface area contributed by atoms with E-state index in [0.717, 1.165) is 11.1 Å². The Kier molecular flexibility index (Phi) is 15.6. The molecule has 5 aromatic rings. The lowest BCUT2D eigenvalue weighted by Gasteiger charge is -2.30. The number of hydrogen-bond acceptors (Lipinski definition) is 14. The number of rotatable bonds is 14. The Morgan fingerprint density at radius 3 is 1.27 bits per heavy atom. The van der Waals surface area contributed by atoms with E-state index in [1.54, 1.807) is 147 Å². The number of aryl methyl sites for hydroxylation is 2. The van der Waals surface area contributed by atoms with Crippen LogP contribution in [-0.2, 0) is 20.8 Å². The maximum Gasteiger partial charge on any atom is 0.434 e. The lowest BCUT2D eigenvalue weighted by atomic mass is 9.87. The van der Waals surface area contributed by atoms with Gasteiger partial charge in [0.2, 0.25) is 0 Å². The lowest BCUT2D eigenvalue weighted by Crippen LogP contribution is -2.43. The van der Waals surface area contributed by atoms with E-state index in [9.17, 15) is 19.2 Å². The smallest absolute Gasteiger partial charge is 0.410 e. The monoisotopic (exact) mass is 894 g/mol. The van der Waals surface area contributed by atoms with Crippen LogP contribution in [0.5, 0.6) is 23.0 Å². The molecule has 0 atom stereocenters. The highest BCUT2D eigenvalue weighted by molar-refractivity contribution is 5.99. The fourth-order valence-electron chi connectivity index (χ4n) is 6.03. The maximum atomic E-state index is 12.9. The predicted molar refractivity (Wildman–Crippen MR) is 243 cm³/mol. The number of carbonyl (C=O) groups excluding carboxylic acids is 4. The third-order valence-corrected chi connectivity index (χ3v) is 9.81. The van der Waals surface area contributed by atoms with Gasteiger partial charge >= 0.3 is 24.4 Å². The van der Waals surface area contributed by atoms with Crippen LogP contribution in [-0.4, -0.2) is 35.8 Å².